The van der Waals surface area contributed by atoms with Crippen LogP contribution in [-0.4, -0.2) is 63.0 Å². The van der Waals surface area contributed by atoms with Gasteiger partial charge in [0.15, 0.2) is 25.7 Å². The molecule has 2 N–H and O–H groups in total. The molecule has 0 saturated carbocycles. The largest absolute Gasteiger partial charge is 0.492 e. The van der Waals surface area contributed by atoms with E-state index in [1.54, 1.807) is 4.57 Å². The first kappa shape index (κ1) is 21.6. The third kappa shape index (κ3) is 3.97. The molecular weight excluding hydrogens is 419 g/mol. The monoisotopic (exact) mass is 444 g/mol. The van der Waals surface area contributed by atoms with E-state index in [0.717, 1.165) is 0 Å². The van der Waals surface area contributed by atoms with Gasteiger partial charge in [-0.05, 0) is 29.9 Å². The van der Waals surface area contributed by atoms with Crippen molar-refractivity contribution in [3.63, 3.8) is 0 Å². The molecule has 0 radical (unpaired) electrons. The van der Waals surface area contributed by atoms with Crippen LogP contribution in [0.25, 0.3) is 11.2 Å². The fourth-order valence-corrected chi connectivity index (χ4v) is 4.59. The van der Waals surface area contributed by atoms with Gasteiger partial charge in [0.1, 0.15) is 32.2 Å². The Kier molecular flexibility index (Phi) is 6.17. The predicted molar refractivity (Wildman–Crippen MR) is 109 cm³/mol. The number of hydrogen-bond donors (Lipinski definition) is 2. The second kappa shape index (κ2) is 7.98. The lowest BCUT2D eigenvalue weighted by atomic mass is 10.1. The summed E-state index contributed by atoms with van der Waals surface area (Å²) in [4.78, 5) is 12.0. The van der Waals surface area contributed by atoms with E-state index < -0.39 is 32.9 Å². The zero-order valence-electron chi connectivity index (χ0n) is 16.4. The maximum absolute atomic E-state index is 11.1. The van der Waals surface area contributed by atoms with Crippen LogP contribution in [0.3, 0.4) is 0 Å². The Morgan fingerprint density at radius 1 is 1.32 bits per heavy atom. The Labute approximate surface area is 171 Å². The molecule has 0 aromatic carbocycles. The molecule has 0 aliphatic carbocycles. The molecular formula is C16H25N4O5PSSi. The molecule has 9 nitrogen and oxygen atoms in total. The summed E-state index contributed by atoms with van der Waals surface area (Å²) >= 11 is 4.85. The number of imidazole rings is 1. The fourth-order valence-electron chi connectivity index (χ4n) is 2.88. The molecule has 28 heavy (non-hydrogen) atoms. The van der Waals surface area contributed by atoms with E-state index in [-0.39, 0.29) is 23.0 Å². The van der Waals surface area contributed by atoms with E-state index in [0.29, 0.717) is 13.2 Å². The molecule has 3 heterocycles. The SMILES string of the molecule is CC(C)(C)[Si](C)(C)OC1[C@@H](O)[C@H](n2cnc3c(O)ncnc32)O[C@@H]1COP=S. The number of hydrogen-bond acceptors (Lipinski definition) is 9. The summed E-state index contributed by atoms with van der Waals surface area (Å²) in [5.41, 5.74) is 0.606. The molecule has 0 amide bonds. The number of aromatic hydroxyl groups is 1. The Morgan fingerprint density at radius 3 is 2.68 bits per heavy atom. The van der Waals surface area contributed by atoms with Crippen LogP contribution in [0.2, 0.25) is 18.1 Å². The van der Waals surface area contributed by atoms with Crippen LogP contribution in [0.5, 0.6) is 5.88 Å². The number of ether oxygens (including phenoxy) is 1. The summed E-state index contributed by atoms with van der Waals surface area (Å²) in [6.45, 7) is 10.8. The molecule has 2 aromatic rings. The zero-order valence-corrected chi connectivity index (χ0v) is 19.1. The smallest absolute Gasteiger partial charge is 0.242 e. The number of fused-ring (bicyclic) bond motifs is 1. The van der Waals surface area contributed by atoms with Crippen LogP contribution in [-0.2, 0) is 25.5 Å². The van der Waals surface area contributed by atoms with Crippen LogP contribution in [0, 0.1) is 0 Å². The van der Waals surface area contributed by atoms with Gasteiger partial charge >= 0.3 is 0 Å². The van der Waals surface area contributed by atoms with Crippen molar-refractivity contribution in [3.8, 4) is 5.88 Å². The number of aromatic nitrogens is 4. The molecule has 12 heteroatoms. The number of aliphatic hydroxyl groups excluding tert-OH is 1. The van der Waals surface area contributed by atoms with Crippen LogP contribution >= 0.6 is 7.58 Å². The van der Waals surface area contributed by atoms with Crippen LogP contribution in [0.15, 0.2) is 12.7 Å². The highest BCUT2D eigenvalue weighted by Gasteiger charge is 2.50. The van der Waals surface area contributed by atoms with Crippen molar-refractivity contribution in [2.24, 2.45) is 0 Å². The highest BCUT2D eigenvalue weighted by molar-refractivity contribution is 7.94. The van der Waals surface area contributed by atoms with Crippen molar-refractivity contribution in [3.05, 3.63) is 12.7 Å². The van der Waals surface area contributed by atoms with E-state index in [1.807, 2.05) is 0 Å². The van der Waals surface area contributed by atoms with Crippen molar-refractivity contribution in [1.82, 2.24) is 19.5 Å². The molecule has 154 valence electrons. The maximum Gasteiger partial charge on any atom is 0.242 e. The molecule has 1 fully saturated rings. The minimum absolute atomic E-state index is 0.0345. The quantitative estimate of drug-likeness (QED) is 0.513. The van der Waals surface area contributed by atoms with Crippen molar-refractivity contribution in [1.29, 1.82) is 0 Å². The fraction of sp³-hybridized carbons (Fsp3) is 0.688. The highest BCUT2D eigenvalue weighted by atomic mass is 32.4. The molecule has 2 aromatic heterocycles. The summed E-state index contributed by atoms with van der Waals surface area (Å²) in [5.74, 6) is -0.227. The van der Waals surface area contributed by atoms with E-state index in [1.165, 1.54) is 12.7 Å². The summed E-state index contributed by atoms with van der Waals surface area (Å²) in [5, 5.41) is 20.9. The van der Waals surface area contributed by atoms with Crippen LogP contribution < -0.4 is 0 Å². The van der Waals surface area contributed by atoms with Gasteiger partial charge in [-0.2, -0.15) is 4.98 Å². The van der Waals surface area contributed by atoms with Crippen molar-refractivity contribution < 1.29 is 23.9 Å². The van der Waals surface area contributed by atoms with Gasteiger partial charge in [-0.25, -0.2) is 9.97 Å². The second-order valence-corrected chi connectivity index (χ2v) is 13.9. The Balaban J connectivity index is 1.94. The number of aliphatic hydroxyl groups is 1. The lowest BCUT2D eigenvalue weighted by molar-refractivity contribution is -0.0453. The Bertz CT molecular complexity index is 861. The third-order valence-corrected chi connectivity index (χ3v) is 10.5. The molecule has 1 saturated heterocycles. The minimum Gasteiger partial charge on any atom is -0.492 e. The van der Waals surface area contributed by atoms with Gasteiger partial charge < -0.3 is 23.9 Å². The Morgan fingerprint density at radius 2 is 2.04 bits per heavy atom. The van der Waals surface area contributed by atoms with E-state index in [2.05, 4.69) is 48.8 Å². The molecule has 1 aliphatic rings. The van der Waals surface area contributed by atoms with Gasteiger partial charge in [0.2, 0.25) is 5.88 Å². The summed E-state index contributed by atoms with van der Waals surface area (Å²) < 4.78 is 19.5. The first-order valence-electron chi connectivity index (χ1n) is 8.89. The second-order valence-electron chi connectivity index (χ2n) is 8.29. The third-order valence-electron chi connectivity index (χ3n) is 5.45. The molecule has 1 unspecified atom stereocenters. The average molecular weight is 445 g/mol. The predicted octanol–water partition coefficient (Wildman–Crippen LogP) is 2.52. The van der Waals surface area contributed by atoms with Crippen molar-refractivity contribution in [2.75, 3.05) is 6.61 Å². The van der Waals surface area contributed by atoms with Gasteiger partial charge in [-0.3, -0.25) is 4.57 Å². The topological polar surface area (TPSA) is 112 Å². The van der Waals surface area contributed by atoms with Crippen molar-refractivity contribution >= 4 is 38.9 Å². The molecule has 1 aliphatic heterocycles. The van der Waals surface area contributed by atoms with E-state index >= 15 is 0 Å². The van der Waals surface area contributed by atoms with Crippen molar-refractivity contribution in [2.45, 2.75) is 63.4 Å². The number of rotatable bonds is 6. The first-order valence-corrected chi connectivity index (χ1v) is 13.6. The van der Waals surface area contributed by atoms with Gasteiger partial charge in [0.05, 0.1) is 12.9 Å². The van der Waals surface area contributed by atoms with Gasteiger partial charge in [-0.15, -0.1) is 0 Å². The summed E-state index contributed by atoms with van der Waals surface area (Å²) in [7, 11) is -1.82. The normalized spacial score (nSPS) is 26.4. The molecule has 0 bridgehead atoms. The van der Waals surface area contributed by atoms with Gasteiger partial charge in [0.25, 0.3) is 0 Å². The summed E-state index contributed by atoms with van der Waals surface area (Å²) in [6, 6.07) is 0. The average Bonchev–Trinajstić information content (AvgIpc) is 3.15. The van der Waals surface area contributed by atoms with Gasteiger partial charge in [0, 0.05) is 0 Å². The van der Waals surface area contributed by atoms with E-state index in [4.69, 9.17) is 25.5 Å². The Hall–Kier alpha value is -1.07. The standard InChI is InChI=1S/C16H25N4O5PSSi/c1-16(2,3)28(4,5)25-12-9(6-23-26-27)24-15(11(12)21)20-8-19-10-13(20)17-7-18-14(10)22/h7-9,11-12,15,21H,6H2,1-5H3,(H,17,18,22)/t9-,11-,12?,15-/m1/s1. The lowest BCUT2D eigenvalue weighted by Crippen LogP contribution is -2.49. The first-order chi connectivity index (χ1) is 13.1. The van der Waals surface area contributed by atoms with Crippen LogP contribution in [0.1, 0.15) is 27.0 Å². The molecule has 0 spiro atoms. The lowest BCUT2D eigenvalue weighted by Gasteiger charge is -2.39. The maximum atomic E-state index is 11.1. The van der Waals surface area contributed by atoms with Gasteiger partial charge in [-0.1, -0.05) is 20.8 Å². The molecule has 3 rings (SSSR count). The highest BCUT2D eigenvalue weighted by Crippen LogP contribution is 2.42. The number of nitrogens with zero attached hydrogens (tertiary/aromatic N) is 4. The van der Waals surface area contributed by atoms with Crippen LogP contribution in [0.4, 0.5) is 0 Å². The van der Waals surface area contributed by atoms with E-state index in [9.17, 15) is 10.2 Å². The minimum atomic E-state index is -2.18. The molecule has 4 atom stereocenters. The summed E-state index contributed by atoms with van der Waals surface area (Å²) in [6.07, 6.45) is -0.154. The zero-order chi connectivity index (χ0) is 20.7.